The van der Waals surface area contributed by atoms with E-state index in [2.05, 4.69) is 195 Å². The minimum absolute atomic E-state index is 0.0259. The number of benzene rings is 6. The van der Waals surface area contributed by atoms with Gasteiger partial charge in [-0.05, 0) is 103 Å². The summed E-state index contributed by atoms with van der Waals surface area (Å²) in [5, 5.41) is 6.04. The van der Waals surface area contributed by atoms with E-state index in [9.17, 15) is 0 Å². The molecule has 2 unspecified atom stereocenters. The van der Waals surface area contributed by atoms with Crippen LogP contribution in [-0.2, 0) is 11.8 Å². The number of nitrogens with zero attached hydrogens (tertiary/aromatic N) is 3. The molecule has 0 fully saturated rings. The summed E-state index contributed by atoms with van der Waals surface area (Å²) in [5.74, 6) is 1.16. The zero-order valence-electron chi connectivity index (χ0n) is 36.6. The van der Waals surface area contributed by atoms with Crippen molar-refractivity contribution in [1.82, 2.24) is 4.57 Å². The maximum absolute atomic E-state index is 7.04. The van der Waals surface area contributed by atoms with Gasteiger partial charge in [-0.1, -0.05) is 113 Å². The molecule has 10 aromatic rings. The van der Waals surface area contributed by atoms with Crippen LogP contribution < -0.4 is 14.3 Å². The lowest BCUT2D eigenvalue weighted by atomic mass is 9.78. The molecule has 6 heterocycles. The van der Waals surface area contributed by atoms with Crippen molar-refractivity contribution < 1.29 is 18.0 Å². The predicted molar refractivity (Wildman–Crippen MR) is 257 cm³/mol. The van der Waals surface area contributed by atoms with E-state index in [1.165, 1.54) is 38.7 Å². The van der Waals surface area contributed by atoms with Crippen molar-refractivity contribution in [3.8, 4) is 28.3 Å². The van der Waals surface area contributed by atoms with Crippen molar-refractivity contribution in [3.63, 3.8) is 0 Å². The predicted octanol–water partition coefficient (Wildman–Crippen LogP) is 13.2. The molecule has 12 rings (SSSR count). The molecule has 0 saturated carbocycles. The molecular weight excluding hydrogens is 775 g/mol. The number of rotatable bonds is 2. The van der Waals surface area contributed by atoms with Crippen LogP contribution in [0.2, 0.25) is 19.6 Å². The lowest BCUT2D eigenvalue weighted by Gasteiger charge is -2.32. The zero-order valence-corrected chi connectivity index (χ0v) is 37.6. The maximum Gasteiger partial charge on any atom is 0.304 e. The number of allylic oxidation sites excluding steroid dienone is 1. The molecule has 0 radical (unpaired) electrons. The van der Waals surface area contributed by atoms with Crippen molar-refractivity contribution in [3.05, 3.63) is 162 Å². The van der Waals surface area contributed by atoms with Crippen LogP contribution in [0.5, 0.6) is 0 Å². The highest BCUT2D eigenvalue weighted by Crippen LogP contribution is 2.50. The second kappa shape index (κ2) is 13.0. The summed E-state index contributed by atoms with van der Waals surface area (Å²) in [7, 11) is -1.77. The molecule has 5 nitrogen and oxygen atoms in total. The number of imidazole rings is 1. The largest absolute Gasteiger partial charge is 0.456 e. The number of pyridine rings is 1. The van der Waals surface area contributed by atoms with Crippen molar-refractivity contribution >= 4 is 73.9 Å². The fraction of sp³-hybridized carbons (Fsp3) is 0.214. The summed E-state index contributed by atoms with van der Waals surface area (Å²) in [6.45, 7) is 21.8. The molecule has 2 aliphatic rings. The Hall–Kier alpha value is -6.50. The Morgan fingerprint density at radius 2 is 1.42 bits per heavy atom. The van der Waals surface area contributed by atoms with Gasteiger partial charge >= 0.3 is 5.82 Å². The van der Waals surface area contributed by atoms with Crippen LogP contribution in [0.25, 0.3) is 88.9 Å². The topological polar surface area (TPSA) is 39.0 Å². The van der Waals surface area contributed by atoms with Gasteiger partial charge in [0.15, 0.2) is 28.5 Å². The molecule has 0 aliphatic carbocycles. The number of aromatic nitrogens is 3. The van der Waals surface area contributed by atoms with Crippen molar-refractivity contribution in [1.29, 1.82) is 0 Å². The third-order valence-corrected chi connectivity index (χ3v) is 16.2. The standard InChI is InChI=1S/C56H51N3O2Si/c1-33-29-47-43-30-44-39-16-10-13-19-48(39)60-50(44)31-42(43)40-27-21-35-22-28-41-38-15-9-14-20-49(38)61-54(41)52(35)55-58(34(2)53(40)57(47)32-51(33)62(6,7)8)45-17-11-12-18-46(45)59(55)37-25-23-36(24-26-37)56(3,4)5/h9-20,22-26,28-32,40,53H,2,21,27H2,1,3-8H3/q+2. The number of para-hydroxylation sites is 4. The maximum atomic E-state index is 7.04. The highest BCUT2D eigenvalue weighted by molar-refractivity contribution is 6.88. The van der Waals surface area contributed by atoms with Gasteiger partial charge in [-0.3, -0.25) is 0 Å². The van der Waals surface area contributed by atoms with Crippen LogP contribution in [-0.4, -0.2) is 12.6 Å². The van der Waals surface area contributed by atoms with E-state index in [0.717, 1.165) is 90.5 Å². The molecule has 304 valence electrons. The summed E-state index contributed by atoms with van der Waals surface area (Å²) in [4.78, 5) is 0. The highest BCUT2D eigenvalue weighted by Gasteiger charge is 2.49. The highest BCUT2D eigenvalue weighted by atomic mass is 28.3. The van der Waals surface area contributed by atoms with Gasteiger partial charge in [-0.15, -0.1) is 0 Å². The van der Waals surface area contributed by atoms with E-state index in [0.29, 0.717) is 0 Å². The molecule has 0 saturated heterocycles. The zero-order chi connectivity index (χ0) is 42.4. The number of furan rings is 2. The van der Waals surface area contributed by atoms with E-state index < -0.39 is 8.07 Å². The van der Waals surface area contributed by atoms with E-state index in [-0.39, 0.29) is 17.4 Å². The molecule has 62 heavy (non-hydrogen) atoms. The third kappa shape index (κ3) is 5.32. The molecule has 0 spiro atoms. The Balaban J connectivity index is 1.22. The van der Waals surface area contributed by atoms with Crippen LogP contribution in [0.3, 0.4) is 0 Å². The fourth-order valence-corrected chi connectivity index (χ4v) is 12.9. The number of fused-ring (bicyclic) bond motifs is 18. The molecule has 4 aromatic heterocycles. The summed E-state index contributed by atoms with van der Waals surface area (Å²) in [5.41, 5.74) is 17.0. The molecular formula is C56H51N3O2Si+2. The summed E-state index contributed by atoms with van der Waals surface area (Å²) in [6, 6.07) is 46.8. The first-order valence-electron chi connectivity index (χ1n) is 22.2. The SMILES string of the molecule is C=C1C2C(CCc3ccc4c(oc5ccccc54)c3-c3n1c1ccccc1[n+]3-c1ccc(C(C)(C)C)cc1)c1cc3oc4ccccc4c3cc1-c1cc(C)c([Si](C)(C)C)c[n+]12. The van der Waals surface area contributed by atoms with E-state index in [1.807, 2.05) is 0 Å². The lowest BCUT2D eigenvalue weighted by molar-refractivity contribution is -0.704. The van der Waals surface area contributed by atoms with Crippen molar-refractivity contribution in [2.75, 3.05) is 0 Å². The van der Waals surface area contributed by atoms with Crippen LogP contribution in [0.15, 0.2) is 149 Å². The van der Waals surface area contributed by atoms with Gasteiger partial charge in [0.1, 0.15) is 28.0 Å². The number of hydrogen-bond donors (Lipinski definition) is 0. The fourth-order valence-electron chi connectivity index (χ4n) is 11.1. The minimum Gasteiger partial charge on any atom is -0.456 e. The molecule has 0 N–H and O–H groups in total. The molecule has 6 heteroatoms. The molecule has 2 atom stereocenters. The van der Waals surface area contributed by atoms with E-state index in [4.69, 9.17) is 15.4 Å². The Morgan fingerprint density at radius 3 is 2.16 bits per heavy atom. The van der Waals surface area contributed by atoms with E-state index in [1.54, 1.807) is 0 Å². The third-order valence-electron chi connectivity index (χ3n) is 14.0. The summed E-state index contributed by atoms with van der Waals surface area (Å²) in [6.07, 6.45) is 4.28. The average molecular weight is 826 g/mol. The Bertz CT molecular complexity index is 3530. The average Bonchev–Trinajstić information content (AvgIpc) is 3.93. The molecule has 2 aliphatic heterocycles. The minimum atomic E-state index is -1.77. The van der Waals surface area contributed by atoms with Crippen molar-refractivity contribution in [2.45, 2.75) is 77.6 Å². The van der Waals surface area contributed by atoms with Gasteiger partial charge in [0.05, 0.1) is 19.6 Å². The Labute approximate surface area is 363 Å². The second-order valence-electron chi connectivity index (χ2n) is 19.9. The van der Waals surface area contributed by atoms with Crippen LogP contribution >= 0.6 is 0 Å². The van der Waals surface area contributed by atoms with Gasteiger partial charge in [-0.2, -0.15) is 13.7 Å². The molecule has 0 amide bonds. The van der Waals surface area contributed by atoms with Crippen molar-refractivity contribution in [2.24, 2.45) is 0 Å². The quantitative estimate of drug-likeness (QED) is 0.129. The Kier molecular flexibility index (Phi) is 7.82. The van der Waals surface area contributed by atoms with Gasteiger partial charge in [0.2, 0.25) is 11.7 Å². The molecule has 6 aromatic carbocycles. The van der Waals surface area contributed by atoms with Gasteiger partial charge in [-0.25, -0.2) is 0 Å². The summed E-state index contributed by atoms with van der Waals surface area (Å²) >= 11 is 0. The van der Waals surface area contributed by atoms with E-state index >= 15 is 0 Å². The Morgan fingerprint density at radius 1 is 0.726 bits per heavy atom. The van der Waals surface area contributed by atoms with Crippen LogP contribution in [0.1, 0.15) is 61.4 Å². The number of aryl methyl sites for hydroxylation is 2. The summed E-state index contributed by atoms with van der Waals surface area (Å²) < 4.78 is 21.3. The van der Waals surface area contributed by atoms with Crippen LogP contribution in [0, 0.1) is 6.92 Å². The first-order chi connectivity index (χ1) is 29.8. The normalized spacial score (nSPS) is 16.5. The second-order valence-corrected chi connectivity index (χ2v) is 24.9. The molecule has 0 bridgehead atoms. The van der Waals surface area contributed by atoms with Gasteiger partial charge in [0, 0.05) is 32.8 Å². The monoisotopic (exact) mass is 825 g/mol. The van der Waals surface area contributed by atoms with Gasteiger partial charge in [0.25, 0.3) is 0 Å². The lowest BCUT2D eigenvalue weighted by Crippen LogP contribution is -2.54. The number of hydrogen-bond acceptors (Lipinski definition) is 2. The first kappa shape index (κ1) is 37.3. The van der Waals surface area contributed by atoms with Crippen LogP contribution in [0.4, 0.5) is 0 Å². The van der Waals surface area contributed by atoms with Gasteiger partial charge < -0.3 is 8.83 Å². The smallest absolute Gasteiger partial charge is 0.304 e. The first-order valence-corrected chi connectivity index (χ1v) is 25.7.